The topological polar surface area (TPSA) is 51.0 Å². The number of carbonyl (C=O) groups excluding carboxylic acids is 1. The predicted octanol–water partition coefficient (Wildman–Crippen LogP) is 2.18. The molecule has 0 fully saturated rings. The maximum absolute atomic E-state index is 12.3. The molecule has 1 aromatic heterocycles. The molecule has 0 radical (unpaired) electrons. The molecule has 0 saturated carbocycles. The average Bonchev–Trinajstić information content (AvgIpc) is 2.78. The number of carbonyl (C=O) groups is 1. The van der Waals surface area contributed by atoms with Crippen molar-refractivity contribution in [3.05, 3.63) is 23.8 Å². The second kappa shape index (κ2) is 5.38. The van der Waals surface area contributed by atoms with Crippen molar-refractivity contribution in [3.8, 4) is 0 Å². The van der Waals surface area contributed by atoms with Gasteiger partial charge in [-0.1, -0.05) is 19.1 Å². The summed E-state index contributed by atoms with van der Waals surface area (Å²) >= 11 is 0. The minimum atomic E-state index is 0.0293. The average molecular weight is 260 g/mol. The van der Waals surface area contributed by atoms with E-state index in [4.69, 9.17) is 0 Å². The van der Waals surface area contributed by atoms with Gasteiger partial charge in [-0.3, -0.25) is 4.79 Å². The Bertz CT molecular complexity index is 588. The Balaban J connectivity index is 2.28. The number of rotatable bonds is 4. The molecule has 5 heteroatoms. The first-order valence-electron chi connectivity index (χ1n) is 6.61. The lowest BCUT2D eigenvalue weighted by Gasteiger charge is -2.19. The van der Waals surface area contributed by atoms with Crippen molar-refractivity contribution < 1.29 is 4.79 Å². The summed E-state index contributed by atoms with van der Waals surface area (Å²) in [6, 6.07) is 5.57. The van der Waals surface area contributed by atoms with Crippen molar-refractivity contribution in [1.82, 2.24) is 19.9 Å². The van der Waals surface area contributed by atoms with Gasteiger partial charge in [-0.05, 0) is 31.0 Å². The van der Waals surface area contributed by atoms with Crippen molar-refractivity contribution >= 4 is 16.9 Å². The van der Waals surface area contributed by atoms with Crippen LogP contribution in [0.4, 0.5) is 0 Å². The standard InChI is InChI=1S/C14H20N4O/c1-5-18-13-7-6-11(8-12(13)15-16-18)14(19)17(4)9-10(2)3/h6-8,10H,5,9H2,1-4H3. The zero-order chi connectivity index (χ0) is 14.0. The van der Waals surface area contributed by atoms with Gasteiger partial charge in [0.15, 0.2) is 0 Å². The molecule has 0 spiro atoms. The Labute approximate surface area is 113 Å². The maximum Gasteiger partial charge on any atom is 0.253 e. The third kappa shape index (κ3) is 2.75. The van der Waals surface area contributed by atoms with E-state index in [0.717, 1.165) is 24.1 Å². The summed E-state index contributed by atoms with van der Waals surface area (Å²) in [7, 11) is 1.83. The van der Waals surface area contributed by atoms with E-state index in [9.17, 15) is 4.79 Å². The largest absolute Gasteiger partial charge is 0.341 e. The highest BCUT2D eigenvalue weighted by molar-refractivity contribution is 5.97. The zero-order valence-electron chi connectivity index (χ0n) is 11.9. The molecule has 5 nitrogen and oxygen atoms in total. The van der Waals surface area contributed by atoms with Gasteiger partial charge in [-0.15, -0.1) is 5.10 Å². The highest BCUT2D eigenvalue weighted by Crippen LogP contribution is 2.15. The van der Waals surface area contributed by atoms with Gasteiger partial charge < -0.3 is 4.90 Å². The summed E-state index contributed by atoms with van der Waals surface area (Å²) in [6.45, 7) is 7.73. The van der Waals surface area contributed by atoms with Gasteiger partial charge in [-0.2, -0.15) is 0 Å². The number of aryl methyl sites for hydroxylation is 1. The van der Waals surface area contributed by atoms with E-state index in [2.05, 4.69) is 24.2 Å². The fraction of sp³-hybridized carbons (Fsp3) is 0.500. The first-order valence-corrected chi connectivity index (χ1v) is 6.61. The molecule has 2 rings (SSSR count). The molecule has 19 heavy (non-hydrogen) atoms. The molecule has 2 aromatic rings. The van der Waals surface area contributed by atoms with Crippen LogP contribution in [-0.2, 0) is 6.54 Å². The lowest BCUT2D eigenvalue weighted by molar-refractivity contribution is 0.0779. The lowest BCUT2D eigenvalue weighted by Crippen LogP contribution is -2.30. The van der Waals surface area contributed by atoms with E-state index in [1.807, 2.05) is 36.9 Å². The molecular formula is C14H20N4O. The van der Waals surface area contributed by atoms with Crippen LogP contribution >= 0.6 is 0 Å². The highest BCUT2D eigenvalue weighted by atomic mass is 16.2. The van der Waals surface area contributed by atoms with Crippen LogP contribution in [0.15, 0.2) is 18.2 Å². The van der Waals surface area contributed by atoms with Gasteiger partial charge in [0.2, 0.25) is 0 Å². The van der Waals surface area contributed by atoms with Crippen LogP contribution in [0.5, 0.6) is 0 Å². The van der Waals surface area contributed by atoms with Crippen molar-refractivity contribution in [2.75, 3.05) is 13.6 Å². The van der Waals surface area contributed by atoms with Crippen molar-refractivity contribution in [3.63, 3.8) is 0 Å². The van der Waals surface area contributed by atoms with Crippen LogP contribution < -0.4 is 0 Å². The Kier molecular flexibility index (Phi) is 3.83. The number of fused-ring (bicyclic) bond motifs is 1. The highest BCUT2D eigenvalue weighted by Gasteiger charge is 2.14. The van der Waals surface area contributed by atoms with Gasteiger partial charge in [0.25, 0.3) is 5.91 Å². The Hall–Kier alpha value is -1.91. The second-order valence-electron chi connectivity index (χ2n) is 5.19. The Morgan fingerprint density at radius 3 is 2.79 bits per heavy atom. The smallest absolute Gasteiger partial charge is 0.253 e. The Morgan fingerprint density at radius 1 is 1.42 bits per heavy atom. The molecule has 0 N–H and O–H groups in total. The third-order valence-electron chi connectivity index (χ3n) is 3.05. The fourth-order valence-electron chi connectivity index (χ4n) is 2.19. The number of hydrogen-bond donors (Lipinski definition) is 0. The number of nitrogens with zero attached hydrogens (tertiary/aromatic N) is 4. The summed E-state index contributed by atoms with van der Waals surface area (Å²) in [5, 5.41) is 8.14. The first kappa shape index (κ1) is 13.5. The van der Waals surface area contributed by atoms with Crippen LogP contribution in [-0.4, -0.2) is 39.4 Å². The lowest BCUT2D eigenvalue weighted by atomic mass is 10.1. The SMILES string of the molecule is CCn1nnc2cc(C(=O)N(C)CC(C)C)ccc21. The zero-order valence-corrected chi connectivity index (χ0v) is 11.9. The van der Waals surface area contributed by atoms with Gasteiger partial charge in [0.05, 0.1) is 5.52 Å². The molecule has 0 atom stereocenters. The minimum Gasteiger partial charge on any atom is -0.341 e. The van der Waals surface area contributed by atoms with E-state index in [-0.39, 0.29) is 5.91 Å². The first-order chi connectivity index (χ1) is 9.02. The van der Waals surface area contributed by atoms with Crippen molar-refractivity contribution in [2.24, 2.45) is 5.92 Å². The summed E-state index contributed by atoms with van der Waals surface area (Å²) in [5.74, 6) is 0.486. The van der Waals surface area contributed by atoms with E-state index in [1.54, 1.807) is 4.90 Å². The van der Waals surface area contributed by atoms with Crippen LogP contribution in [0.2, 0.25) is 0 Å². The van der Waals surface area contributed by atoms with E-state index in [0.29, 0.717) is 11.5 Å². The molecule has 1 amide bonds. The van der Waals surface area contributed by atoms with Crippen LogP contribution in [0.25, 0.3) is 11.0 Å². The van der Waals surface area contributed by atoms with Gasteiger partial charge >= 0.3 is 0 Å². The summed E-state index contributed by atoms with van der Waals surface area (Å²) in [5.41, 5.74) is 2.40. The van der Waals surface area contributed by atoms with Crippen LogP contribution in [0, 0.1) is 5.92 Å². The molecule has 1 aromatic carbocycles. The molecule has 0 aliphatic rings. The molecular weight excluding hydrogens is 240 g/mol. The molecule has 0 bridgehead atoms. The predicted molar refractivity (Wildman–Crippen MR) is 75.0 cm³/mol. The molecule has 0 aliphatic carbocycles. The minimum absolute atomic E-state index is 0.0293. The second-order valence-corrected chi connectivity index (χ2v) is 5.19. The Morgan fingerprint density at radius 2 is 2.16 bits per heavy atom. The number of benzene rings is 1. The van der Waals surface area contributed by atoms with E-state index in [1.165, 1.54) is 0 Å². The summed E-state index contributed by atoms with van der Waals surface area (Å²) in [6.07, 6.45) is 0. The van der Waals surface area contributed by atoms with E-state index < -0.39 is 0 Å². The van der Waals surface area contributed by atoms with Crippen molar-refractivity contribution in [2.45, 2.75) is 27.3 Å². The van der Waals surface area contributed by atoms with E-state index >= 15 is 0 Å². The normalized spacial score (nSPS) is 11.2. The molecule has 0 unspecified atom stereocenters. The molecule has 0 saturated heterocycles. The molecule has 0 aliphatic heterocycles. The fourth-order valence-corrected chi connectivity index (χ4v) is 2.19. The molecule has 1 heterocycles. The number of hydrogen-bond acceptors (Lipinski definition) is 3. The monoisotopic (exact) mass is 260 g/mol. The number of aromatic nitrogens is 3. The summed E-state index contributed by atoms with van der Waals surface area (Å²) in [4.78, 5) is 14.0. The quantitative estimate of drug-likeness (QED) is 0.846. The van der Waals surface area contributed by atoms with Gasteiger partial charge in [0.1, 0.15) is 5.52 Å². The van der Waals surface area contributed by atoms with Crippen LogP contribution in [0.1, 0.15) is 31.1 Å². The third-order valence-corrected chi connectivity index (χ3v) is 3.05. The molecule has 102 valence electrons. The van der Waals surface area contributed by atoms with Crippen molar-refractivity contribution in [1.29, 1.82) is 0 Å². The van der Waals surface area contributed by atoms with Crippen LogP contribution in [0.3, 0.4) is 0 Å². The van der Waals surface area contributed by atoms with Gasteiger partial charge in [0, 0.05) is 25.7 Å². The number of amides is 1. The van der Waals surface area contributed by atoms with Gasteiger partial charge in [-0.25, -0.2) is 4.68 Å². The maximum atomic E-state index is 12.3. The summed E-state index contributed by atoms with van der Waals surface area (Å²) < 4.78 is 1.82.